The third kappa shape index (κ3) is 9.38. The Morgan fingerprint density at radius 1 is 1.04 bits per heavy atom. The molecule has 0 fully saturated rings. The van der Waals surface area contributed by atoms with Gasteiger partial charge in [0.05, 0.1) is 17.1 Å². The highest BCUT2D eigenvalue weighted by Crippen LogP contribution is 2.28. The van der Waals surface area contributed by atoms with Gasteiger partial charge in [0, 0.05) is 12.8 Å². The molecule has 1 aromatic rings. The van der Waals surface area contributed by atoms with Crippen LogP contribution in [0.15, 0.2) is 18.2 Å². The van der Waals surface area contributed by atoms with Gasteiger partial charge in [-0.25, -0.2) is 0 Å². The van der Waals surface area contributed by atoms with Crippen molar-refractivity contribution >= 4 is 29.2 Å². The summed E-state index contributed by atoms with van der Waals surface area (Å²) in [6, 6.07) is 4.44. The van der Waals surface area contributed by atoms with Gasteiger partial charge in [-0.2, -0.15) is 0 Å². The van der Waals surface area contributed by atoms with Gasteiger partial charge in [0.1, 0.15) is 11.6 Å². The first-order valence-electron chi connectivity index (χ1n) is 9.18. The lowest BCUT2D eigenvalue weighted by atomic mass is 10.2. The SMILES string of the molecule is CCCCCCCOC(=O)CCCC(=O)OCc1cccc(Cl)c1[N+](=O)[O-]. The van der Waals surface area contributed by atoms with E-state index < -0.39 is 10.9 Å². The Balaban J connectivity index is 2.22. The highest BCUT2D eigenvalue weighted by molar-refractivity contribution is 6.32. The van der Waals surface area contributed by atoms with Gasteiger partial charge in [-0.1, -0.05) is 50.3 Å². The number of carbonyl (C=O) groups excluding carboxylic acids is 2. The van der Waals surface area contributed by atoms with Crippen LogP contribution in [0, 0.1) is 10.1 Å². The molecular weight excluding hydrogens is 374 g/mol. The summed E-state index contributed by atoms with van der Waals surface area (Å²) in [5.41, 5.74) is -0.0437. The van der Waals surface area contributed by atoms with Gasteiger partial charge in [-0.05, 0) is 25.0 Å². The molecule has 0 radical (unpaired) electrons. The average Bonchev–Trinajstić information content (AvgIpc) is 2.62. The third-order valence-corrected chi connectivity index (χ3v) is 4.22. The van der Waals surface area contributed by atoms with Crippen LogP contribution in [0.4, 0.5) is 5.69 Å². The molecule has 0 aromatic heterocycles. The Morgan fingerprint density at radius 3 is 2.37 bits per heavy atom. The van der Waals surface area contributed by atoms with E-state index in [1.54, 1.807) is 6.07 Å². The summed E-state index contributed by atoms with van der Waals surface area (Å²) in [5, 5.41) is 11.0. The number of para-hydroxylation sites is 1. The molecular formula is C19H26ClNO6. The number of unbranched alkanes of at least 4 members (excludes halogenated alkanes) is 4. The average molecular weight is 400 g/mol. The van der Waals surface area contributed by atoms with E-state index in [-0.39, 0.29) is 41.7 Å². The van der Waals surface area contributed by atoms with Crippen LogP contribution in [0.3, 0.4) is 0 Å². The molecule has 0 aliphatic rings. The number of benzene rings is 1. The topological polar surface area (TPSA) is 95.7 Å². The van der Waals surface area contributed by atoms with Crippen molar-refractivity contribution in [3.8, 4) is 0 Å². The maximum absolute atomic E-state index is 11.7. The zero-order chi connectivity index (χ0) is 20.1. The zero-order valence-electron chi connectivity index (χ0n) is 15.6. The zero-order valence-corrected chi connectivity index (χ0v) is 16.3. The normalized spacial score (nSPS) is 10.4. The number of hydrogen-bond acceptors (Lipinski definition) is 6. The van der Waals surface area contributed by atoms with Crippen molar-refractivity contribution in [3.63, 3.8) is 0 Å². The maximum Gasteiger partial charge on any atom is 0.306 e. The van der Waals surface area contributed by atoms with Gasteiger partial charge in [-0.3, -0.25) is 19.7 Å². The number of nitro groups is 1. The molecule has 0 amide bonds. The number of hydrogen-bond donors (Lipinski definition) is 0. The minimum atomic E-state index is -0.607. The highest BCUT2D eigenvalue weighted by Gasteiger charge is 2.19. The lowest BCUT2D eigenvalue weighted by Gasteiger charge is -2.07. The molecule has 0 aliphatic heterocycles. The van der Waals surface area contributed by atoms with Crippen molar-refractivity contribution in [1.82, 2.24) is 0 Å². The first kappa shape index (κ1) is 22.9. The van der Waals surface area contributed by atoms with Crippen LogP contribution in [0.5, 0.6) is 0 Å². The van der Waals surface area contributed by atoms with Crippen molar-refractivity contribution < 1.29 is 24.0 Å². The van der Waals surface area contributed by atoms with E-state index in [1.165, 1.54) is 25.0 Å². The number of nitrogens with zero attached hydrogens (tertiary/aromatic N) is 1. The monoisotopic (exact) mass is 399 g/mol. The number of ether oxygens (including phenoxy) is 2. The number of carbonyl (C=O) groups is 2. The third-order valence-electron chi connectivity index (χ3n) is 3.91. The summed E-state index contributed by atoms with van der Waals surface area (Å²) < 4.78 is 10.1. The molecule has 150 valence electrons. The van der Waals surface area contributed by atoms with Crippen molar-refractivity contribution in [2.24, 2.45) is 0 Å². The molecule has 0 saturated carbocycles. The number of rotatable bonds is 13. The van der Waals surface area contributed by atoms with E-state index in [4.69, 9.17) is 21.1 Å². The van der Waals surface area contributed by atoms with Crippen LogP contribution in [-0.4, -0.2) is 23.5 Å². The molecule has 0 saturated heterocycles. The fourth-order valence-corrected chi connectivity index (χ4v) is 2.72. The van der Waals surface area contributed by atoms with Gasteiger partial charge in [0.25, 0.3) is 5.69 Å². The van der Waals surface area contributed by atoms with Crippen molar-refractivity contribution in [2.45, 2.75) is 64.9 Å². The van der Waals surface area contributed by atoms with Crippen LogP contribution < -0.4 is 0 Å². The lowest BCUT2D eigenvalue weighted by Crippen LogP contribution is -2.09. The van der Waals surface area contributed by atoms with E-state index >= 15 is 0 Å². The van der Waals surface area contributed by atoms with Crippen molar-refractivity contribution in [2.75, 3.05) is 6.61 Å². The van der Waals surface area contributed by atoms with E-state index in [0.717, 1.165) is 19.3 Å². The minimum absolute atomic E-state index is 0.00834. The smallest absolute Gasteiger partial charge is 0.306 e. The van der Waals surface area contributed by atoms with Gasteiger partial charge in [0.15, 0.2) is 0 Å². The molecule has 0 bridgehead atoms. The van der Waals surface area contributed by atoms with Crippen LogP contribution in [-0.2, 0) is 25.7 Å². The quantitative estimate of drug-likeness (QED) is 0.201. The Morgan fingerprint density at radius 2 is 1.70 bits per heavy atom. The molecule has 0 atom stereocenters. The Bertz CT molecular complexity index is 635. The molecule has 0 aliphatic carbocycles. The highest BCUT2D eigenvalue weighted by atomic mass is 35.5. The van der Waals surface area contributed by atoms with E-state index in [9.17, 15) is 19.7 Å². The fourth-order valence-electron chi connectivity index (χ4n) is 2.45. The van der Waals surface area contributed by atoms with Gasteiger partial charge in [0.2, 0.25) is 0 Å². The van der Waals surface area contributed by atoms with Gasteiger partial charge >= 0.3 is 11.9 Å². The fraction of sp³-hybridized carbons (Fsp3) is 0.579. The number of esters is 2. The maximum atomic E-state index is 11.7. The summed E-state index contributed by atoms with van der Waals surface area (Å²) in [6.07, 6.45) is 5.89. The predicted octanol–water partition coefficient (Wildman–Crippen LogP) is 4.98. The molecule has 0 spiro atoms. The molecule has 7 nitrogen and oxygen atoms in total. The summed E-state index contributed by atoms with van der Waals surface area (Å²) in [7, 11) is 0. The number of halogens is 1. The van der Waals surface area contributed by atoms with E-state index in [0.29, 0.717) is 13.0 Å². The molecule has 27 heavy (non-hydrogen) atoms. The predicted molar refractivity (Wildman–Crippen MR) is 101 cm³/mol. The van der Waals surface area contributed by atoms with Crippen LogP contribution >= 0.6 is 11.6 Å². The van der Waals surface area contributed by atoms with Crippen molar-refractivity contribution in [3.05, 3.63) is 38.9 Å². The molecule has 1 rings (SSSR count). The second-order valence-corrected chi connectivity index (χ2v) is 6.56. The Kier molecular flexibility index (Phi) is 11.1. The van der Waals surface area contributed by atoms with Gasteiger partial charge < -0.3 is 9.47 Å². The number of nitro benzene ring substituents is 1. The summed E-state index contributed by atoms with van der Waals surface area (Å²) in [5.74, 6) is -0.861. The van der Waals surface area contributed by atoms with Crippen LogP contribution in [0.2, 0.25) is 5.02 Å². The Labute approximate surface area is 164 Å². The van der Waals surface area contributed by atoms with E-state index in [1.807, 2.05) is 0 Å². The second kappa shape index (κ2) is 13.1. The lowest BCUT2D eigenvalue weighted by molar-refractivity contribution is -0.385. The molecule has 0 unspecified atom stereocenters. The van der Waals surface area contributed by atoms with Crippen LogP contribution in [0.1, 0.15) is 63.9 Å². The molecule has 0 heterocycles. The minimum Gasteiger partial charge on any atom is -0.466 e. The van der Waals surface area contributed by atoms with Crippen LogP contribution in [0.25, 0.3) is 0 Å². The summed E-state index contributed by atoms with van der Waals surface area (Å²) in [4.78, 5) is 33.7. The first-order chi connectivity index (χ1) is 13.0. The van der Waals surface area contributed by atoms with E-state index in [2.05, 4.69) is 6.92 Å². The van der Waals surface area contributed by atoms with Gasteiger partial charge in [-0.15, -0.1) is 0 Å². The summed E-state index contributed by atoms with van der Waals surface area (Å²) in [6.45, 7) is 2.31. The first-order valence-corrected chi connectivity index (χ1v) is 9.56. The standard InChI is InChI=1S/C19H26ClNO6/c1-2-3-4-5-6-13-26-17(22)11-8-12-18(23)27-14-15-9-7-10-16(20)19(15)21(24)25/h7,9-10H,2-6,8,11-14H2,1H3. The molecule has 0 N–H and O–H groups in total. The molecule has 1 aromatic carbocycles. The second-order valence-electron chi connectivity index (χ2n) is 6.15. The largest absolute Gasteiger partial charge is 0.466 e. The van der Waals surface area contributed by atoms with Crippen molar-refractivity contribution in [1.29, 1.82) is 0 Å². The Hall–Kier alpha value is -2.15. The summed E-state index contributed by atoms with van der Waals surface area (Å²) >= 11 is 5.80. The molecule has 8 heteroatoms.